The lowest BCUT2D eigenvalue weighted by molar-refractivity contribution is -0.173. The van der Waals surface area contributed by atoms with E-state index in [1.807, 2.05) is 66.0 Å². The van der Waals surface area contributed by atoms with E-state index in [1.54, 1.807) is 4.90 Å². The zero-order chi connectivity index (χ0) is 21.6. The first-order valence-corrected chi connectivity index (χ1v) is 9.86. The van der Waals surface area contributed by atoms with Gasteiger partial charge >= 0.3 is 12.1 Å². The highest BCUT2D eigenvalue weighted by atomic mass is 19.4. The Morgan fingerprint density at radius 1 is 0.900 bits per heavy atom. The molecule has 1 aliphatic heterocycles. The number of alkyl halides is 3. The summed E-state index contributed by atoms with van der Waals surface area (Å²) in [7, 11) is 0. The van der Waals surface area contributed by atoms with Gasteiger partial charge in [0.05, 0.1) is 12.2 Å². The first kappa shape index (κ1) is 21.6. The minimum absolute atomic E-state index is 0.0353. The summed E-state index contributed by atoms with van der Waals surface area (Å²) in [6, 6.07) is 15.6. The van der Waals surface area contributed by atoms with E-state index in [4.69, 9.17) is 0 Å². The first-order chi connectivity index (χ1) is 14.4. The van der Waals surface area contributed by atoms with Crippen LogP contribution in [-0.4, -0.2) is 24.5 Å². The number of hydrogen-bond donors (Lipinski definition) is 1. The molecule has 7 heteroatoms. The van der Waals surface area contributed by atoms with E-state index < -0.39 is 12.1 Å². The lowest BCUT2D eigenvalue weighted by Gasteiger charge is -2.27. The van der Waals surface area contributed by atoms with Crippen LogP contribution in [0.15, 0.2) is 48.5 Å². The van der Waals surface area contributed by atoms with E-state index in [1.165, 1.54) is 0 Å². The smallest absolute Gasteiger partial charge is 0.348 e. The fraction of sp³-hybridized carbons (Fsp3) is 0.304. The van der Waals surface area contributed by atoms with Gasteiger partial charge in [0, 0.05) is 13.0 Å². The van der Waals surface area contributed by atoms with Crippen LogP contribution in [0, 0.1) is 0 Å². The van der Waals surface area contributed by atoms with Crippen LogP contribution >= 0.6 is 0 Å². The highest BCUT2D eigenvalue weighted by molar-refractivity contribution is 5.97. The molecule has 1 heterocycles. The van der Waals surface area contributed by atoms with Crippen LogP contribution in [0.25, 0.3) is 12.2 Å². The summed E-state index contributed by atoms with van der Waals surface area (Å²) in [6.07, 6.45) is 0.944. The Hall–Kier alpha value is -3.09. The average molecular weight is 416 g/mol. The molecule has 0 bridgehead atoms. The Bertz CT molecular complexity index is 938. The van der Waals surface area contributed by atoms with Crippen molar-refractivity contribution in [1.29, 1.82) is 0 Å². The number of rotatable bonds is 6. The van der Waals surface area contributed by atoms with Crippen LogP contribution in [0.5, 0.6) is 0 Å². The molecule has 0 fully saturated rings. The van der Waals surface area contributed by atoms with Crippen molar-refractivity contribution in [3.05, 3.63) is 65.2 Å². The van der Waals surface area contributed by atoms with Gasteiger partial charge in [-0.15, -0.1) is 0 Å². The lowest BCUT2D eigenvalue weighted by Crippen LogP contribution is -2.37. The molecule has 1 N–H and O–H groups in total. The van der Waals surface area contributed by atoms with Crippen LogP contribution in [0.3, 0.4) is 0 Å². The highest BCUT2D eigenvalue weighted by Crippen LogP contribution is 2.29. The summed E-state index contributed by atoms with van der Waals surface area (Å²) < 4.78 is 36.5. The second-order valence-electron chi connectivity index (χ2n) is 7.14. The summed E-state index contributed by atoms with van der Waals surface area (Å²) in [5.74, 6) is -1.96. The molecule has 2 amide bonds. The topological polar surface area (TPSA) is 49.4 Å². The Labute approximate surface area is 173 Å². The SMILES string of the molecule is O=C(CCCCCNC(=O)C(F)(F)F)N1Cc2ccccc2C=Cc2ccccc21. The number of benzene rings is 2. The number of carbonyl (C=O) groups excluding carboxylic acids is 2. The highest BCUT2D eigenvalue weighted by Gasteiger charge is 2.38. The summed E-state index contributed by atoms with van der Waals surface area (Å²) in [4.78, 5) is 25.5. The van der Waals surface area contributed by atoms with Crippen molar-refractivity contribution in [2.24, 2.45) is 0 Å². The minimum atomic E-state index is -4.86. The molecular weight excluding hydrogens is 393 g/mol. The summed E-state index contributed by atoms with van der Waals surface area (Å²) in [5.41, 5.74) is 3.90. The largest absolute Gasteiger partial charge is 0.471 e. The second-order valence-corrected chi connectivity index (χ2v) is 7.14. The number of nitrogens with one attached hydrogen (secondary N) is 1. The fourth-order valence-corrected chi connectivity index (χ4v) is 3.39. The molecule has 0 aromatic heterocycles. The first-order valence-electron chi connectivity index (χ1n) is 9.86. The van der Waals surface area contributed by atoms with Gasteiger partial charge in [-0.3, -0.25) is 9.59 Å². The van der Waals surface area contributed by atoms with Crippen molar-refractivity contribution in [1.82, 2.24) is 5.32 Å². The monoisotopic (exact) mass is 416 g/mol. The summed E-state index contributed by atoms with van der Waals surface area (Å²) in [5, 5.41) is 1.85. The van der Waals surface area contributed by atoms with E-state index in [0.717, 1.165) is 22.4 Å². The molecule has 0 atom stereocenters. The van der Waals surface area contributed by atoms with Gasteiger partial charge in [-0.05, 0) is 35.6 Å². The number of hydrogen-bond acceptors (Lipinski definition) is 2. The maximum absolute atomic E-state index is 13.0. The van der Waals surface area contributed by atoms with E-state index in [0.29, 0.717) is 25.8 Å². The average Bonchev–Trinajstić information content (AvgIpc) is 2.71. The number of amides is 2. The van der Waals surface area contributed by atoms with Gasteiger partial charge < -0.3 is 10.2 Å². The number of para-hydroxylation sites is 1. The lowest BCUT2D eigenvalue weighted by atomic mass is 10.0. The fourth-order valence-electron chi connectivity index (χ4n) is 3.39. The third kappa shape index (κ3) is 5.49. The maximum atomic E-state index is 13.0. The van der Waals surface area contributed by atoms with Crippen molar-refractivity contribution in [3.63, 3.8) is 0 Å². The molecule has 0 radical (unpaired) electrons. The zero-order valence-corrected chi connectivity index (χ0v) is 16.4. The molecular formula is C23H23F3N2O2. The molecule has 0 saturated heterocycles. The molecule has 0 saturated carbocycles. The van der Waals surface area contributed by atoms with Crippen LogP contribution in [0.1, 0.15) is 42.4 Å². The zero-order valence-electron chi connectivity index (χ0n) is 16.4. The second kappa shape index (κ2) is 9.61. The van der Waals surface area contributed by atoms with Crippen molar-refractivity contribution >= 4 is 29.7 Å². The van der Waals surface area contributed by atoms with Crippen molar-refractivity contribution in [3.8, 4) is 0 Å². The van der Waals surface area contributed by atoms with Crippen molar-refractivity contribution in [2.45, 2.75) is 38.4 Å². The van der Waals surface area contributed by atoms with Crippen molar-refractivity contribution in [2.75, 3.05) is 11.4 Å². The standard InChI is InChI=1S/C23H23F3N2O2/c24-23(25,26)22(30)27-15-7-1-2-12-21(29)28-16-19-10-4-3-8-17(19)13-14-18-9-5-6-11-20(18)28/h3-6,8-11,13-14H,1-2,7,12,15-16H2,(H,27,30). The number of carbonyl (C=O) groups is 2. The molecule has 0 unspecified atom stereocenters. The van der Waals surface area contributed by atoms with Crippen LogP contribution in [-0.2, 0) is 16.1 Å². The molecule has 2 aromatic carbocycles. The molecule has 2 aromatic rings. The Balaban J connectivity index is 1.60. The number of fused-ring (bicyclic) bond motifs is 2. The molecule has 158 valence electrons. The number of unbranched alkanes of at least 4 members (excludes halogenated alkanes) is 2. The van der Waals surface area contributed by atoms with Crippen LogP contribution in [0.4, 0.5) is 18.9 Å². The molecule has 0 spiro atoms. The van der Waals surface area contributed by atoms with E-state index in [-0.39, 0.29) is 18.9 Å². The normalized spacial score (nSPS) is 13.1. The molecule has 4 nitrogen and oxygen atoms in total. The van der Waals surface area contributed by atoms with Gasteiger partial charge in [-0.1, -0.05) is 61.0 Å². The minimum Gasteiger partial charge on any atom is -0.348 e. The molecule has 30 heavy (non-hydrogen) atoms. The van der Waals surface area contributed by atoms with Crippen molar-refractivity contribution < 1.29 is 22.8 Å². The predicted octanol–water partition coefficient (Wildman–Crippen LogP) is 4.94. The van der Waals surface area contributed by atoms with Crippen LogP contribution < -0.4 is 10.2 Å². The quantitative estimate of drug-likeness (QED) is 0.678. The van der Waals surface area contributed by atoms with Gasteiger partial charge in [0.15, 0.2) is 0 Å². The van der Waals surface area contributed by atoms with E-state index in [9.17, 15) is 22.8 Å². The predicted molar refractivity (Wildman–Crippen MR) is 111 cm³/mol. The number of nitrogens with zero attached hydrogens (tertiary/aromatic N) is 1. The van der Waals surface area contributed by atoms with Gasteiger partial charge in [0.25, 0.3) is 0 Å². The Morgan fingerprint density at radius 3 is 2.33 bits per heavy atom. The third-order valence-electron chi connectivity index (χ3n) is 4.97. The van der Waals surface area contributed by atoms with Gasteiger partial charge in [-0.2, -0.15) is 13.2 Å². The third-order valence-corrected chi connectivity index (χ3v) is 4.97. The van der Waals surface area contributed by atoms with Gasteiger partial charge in [-0.25, -0.2) is 0 Å². The summed E-state index contributed by atoms with van der Waals surface area (Å²) >= 11 is 0. The number of anilines is 1. The Kier molecular flexibility index (Phi) is 6.92. The van der Waals surface area contributed by atoms with Crippen LogP contribution in [0.2, 0.25) is 0 Å². The molecule has 3 rings (SSSR count). The number of halogens is 3. The molecule has 0 aliphatic carbocycles. The van der Waals surface area contributed by atoms with E-state index in [2.05, 4.69) is 0 Å². The van der Waals surface area contributed by atoms with Gasteiger partial charge in [0.1, 0.15) is 0 Å². The molecule has 1 aliphatic rings. The van der Waals surface area contributed by atoms with E-state index >= 15 is 0 Å². The Morgan fingerprint density at radius 2 is 1.57 bits per heavy atom. The van der Waals surface area contributed by atoms with Gasteiger partial charge in [0.2, 0.25) is 5.91 Å². The summed E-state index contributed by atoms with van der Waals surface area (Å²) in [6.45, 7) is 0.398. The maximum Gasteiger partial charge on any atom is 0.471 e.